The Hall–Kier alpha value is -2.10. The molecule has 174 valence electrons. The summed E-state index contributed by atoms with van der Waals surface area (Å²) in [5, 5.41) is 29.7. The summed E-state index contributed by atoms with van der Waals surface area (Å²) in [6, 6.07) is 5.42. The first-order valence-corrected chi connectivity index (χ1v) is 11.9. The SMILES string of the molecule is O=C(CC1CCC(NCC2CCNCC2)CC1)N[C@H]1Cc2cccc(C(=O)O)c2OB1O. The quantitative estimate of drug-likeness (QED) is 0.404. The average Bonchev–Trinajstić information content (AvgIpc) is 2.79. The van der Waals surface area contributed by atoms with Gasteiger partial charge in [0.2, 0.25) is 5.91 Å². The van der Waals surface area contributed by atoms with E-state index in [1.54, 1.807) is 12.1 Å². The van der Waals surface area contributed by atoms with Crippen molar-refractivity contribution in [2.45, 2.75) is 63.3 Å². The van der Waals surface area contributed by atoms with Crippen molar-refractivity contribution in [1.29, 1.82) is 0 Å². The minimum absolute atomic E-state index is 0.0249. The summed E-state index contributed by atoms with van der Waals surface area (Å²) in [4.78, 5) is 24.0. The van der Waals surface area contributed by atoms with Crippen LogP contribution in [0.1, 0.15) is 60.9 Å². The summed E-state index contributed by atoms with van der Waals surface area (Å²) in [6.45, 7) is 3.35. The zero-order valence-corrected chi connectivity index (χ0v) is 18.5. The second-order valence-corrected chi connectivity index (χ2v) is 9.51. The molecule has 4 rings (SSSR count). The summed E-state index contributed by atoms with van der Waals surface area (Å²) in [5.74, 6) is -0.436. The molecule has 9 heteroatoms. The van der Waals surface area contributed by atoms with Crippen LogP contribution < -0.4 is 20.6 Å². The topological polar surface area (TPSA) is 120 Å². The molecule has 1 aromatic carbocycles. The normalized spacial score (nSPS) is 26.2. The molecule has 3 aliphatic rings. The highest BCUT2D eigenvalue weighted by Gasteiger charge is 2.38. The van der Waals surface area contributed by atoms with Crippen LogP contribution in [-0.2, 0) is 11.2 Å². The Balaban J connectivity index is 1.21. The number of para-hydroxylation sites is 1. The number of hydrogen-bond acceptors (Lipinski definition) is 6. The molecule has 1 saturated carbocycles. The van der Waals surface area contributed by atoms with E-state index in [4.69, 9.17) is 4.65 Å². The Bertz CT molecular complexity index is 809. The Kier molecular flexibility index (Phi) is 7.70. The summed E-state index contributed by atoms with van der Waals surface area (Å²) >= 11 is 0. The van der Waals surface area contributed by atoms with E-state index in [1.165, 1.54) is 18.9 Å². The number of piperidine rings is 1. The van der Waals surface area contributed by atoms with Crippen molar-refractivity contribution in [3.05, 3.63) is 29.3 Å². The maximum atomic E-state index is 12.6. The van der Waals surface area contributed by atoms with E-state index in [1.807, 2.05) is 0 Å². The number of rotatable bonds is 7. The standard InChI is InChI=1S/C23H34BN3O5/c28-21(12-15-4-6-18(7-5-15)26-14-16-8-10-25-11-9-16)27-20-13-17-2-1-3-19(23(29)30)22(17)32-24(20)31/h1-3,15-16,18,20,25-26,31H,4-14H2,(H,27,28)(H,29,30)/t15?,18?,20-/m0/s1. The van der Waals surface area contributed by atoms with Gasteiger partial charge in [-0.25, -0.2) is 4.79 Å². The molecule has 1 saturated heterocycles. The second-order valence-electron chi connectivity index (χ2n) is 9.51. The van der Waals surface area contributed by atoms with Gasteiger partial charge < -0.3 is 30.7 Å². The smallest absolute Gasteiger partial charge is 0.534 e. The van der Waals surface area contributed by atoms with Crippen LogP contribution in [0.15, 0.2) is 18.2 Å². The van der Waals surface area contributed by atoms with E-state index in [9.17, 15) is 19.7 Å². The van der Waals surface area contributed by atoms with E-state index in [0.29, 0.717) is 30.4 Å². The van der Waals surface area contributed by atoms with Crippen molar-refractivity contribution >= 4 is 19.0 Å². The molecule has 1 atom stereocenters. The molecule has 0 radical (unpaired) electrons. The van der Waals surface area contributed by atoms with E-state index in [-0.39, 0.29) is 17.2 Å². The summed E-state index contributed by atoms with van der Waals surface area (Å²) in [5.41, 5.74) is 0.706. The molecule has 32 heavy (non-hydrogen) atoms. The number of amides is 1. The van der Waals surface area contributed by atoms with Gasteiger partial charge >= 0.3 is 13.1 Å². The van der Waals surface area contributed by atoms with Crippen LogP contribution in [0.25, 0.3) is 0 Å². The van der Waals surface area contributed by atoms with Crippen molar-refractivity contribution in [2.24, 2.45) is 11.8 Å². The molecule has 2 heterocycles. The van der Waals surface area contributed by atoms with Crippen molar-refractivity contribution in [3.63, 3.8) is 0 Å². The number of aromatic carboxylic acids is 1. The molecule has 1 amide bonds. The fourth-order valence-corrected chi connectivity index (χ4v) is 5.23. The number of benzene rings is 1. The van der Waals surface area contributed by atoms with E-state index < -0.39 is 19.0 Å². The Morgan fingerprint density at radius 2 is 1.84 bits per heavy atom. The third-order valence-electron chi connectivity index (χ3n) is 7.17. The minimum Gasteiger partial charge on any atom is -0.534 e. The molecule has 1 aliphatic carbocycles. The zero-order valence-electron chi connectivity index (χ0n) is 18.5. The lowest BCUT2D eigenvalue weighted by molar-refractivity contribution is -0.122. The molecule has 0 aromatic heterocycles. The molecular weight excluding hydrogens is 409 g/mol. The van der Waals surface area contributed by atoms with Gasteiger partial charge in [0.25, 0.3) is 0 Å². The van der Waals surface area contributed by atoms with Crippen molar-refractivity contribution in [2.75, 3.05) is 19.6 Å². The highest BCUT2D eigenvalue weighted by Crippen LogP contribution is 2.31. The summed E-state index contributed by atoms with van der Waals surface area (Å²) < 4.78 is 5.47. The fraction of sp³-hybridized carbons (Fsp3) is 0.652. The van der Waals surface area contributed by atoms with Crippen LogP contribution in [0, 0.1) is 11.8 Å². The van der Waals surface area contributed by atoms with Crippen LogP contribution in [0.5, 0.6) is 5.75 Å². The van der Waals surface area contributed by atoms with Gasteiger partial charge in [-0.05, 0) is 88.0 Å². The van der Waals surface area contributed by atoms with Gasteiger partial charge in [-0.15, -0.1) is 0 Å². The zero-order chi connectivity index (χ0) is 22.5. The number of carboxylic acid groups (broad SMARTS) is 1. The van der Waals surface area contributed by atoms with Crippen LogP contribution in [0.2, 0.25) is 0 Å². The number of carboxylic acids is 1. The van der Waals surface area contributed by atoms with Gasteiger partial charge in [0.1, 0.15) is 5.75 Å². The van der Waals surface area contributed by atoms with Gasteiger partial charge in [0, 0.05) is 12.5 Å². The molecule has 8 nitrogen and oxygen atoms in total. The van der Waals surface area contributed by atoms with Gasteiger partial charge in [-0.2, -0.15) is 0 Å². The highest BCUT2D eigenvalue weighted by molar-refractivity contribution is 6.47. The number of nitrogens with one attached hydrogen (secondary N) is 3. The Labute approximate surface area is 189 Å². The summed E-state index contributed by atoms with van der Waals surface area (Å²) in [7, 11) is -1.26. The fourth-order valence-electron chi connectivity index (χ4n) is 5.23. The van der Waals surface area contributed by atoms with Crippen LogP contribution in [-0.4, -0.2) is 60.7 Å². The largest absolute Gasteiger partial charge is 0.547 e. The van der Waals surface area contributed by atoms with Gasteiger partial charge in [-0.1, -0.05) is 12.1 Å². The monoisotopic (exact) mass is 443 g/mol. The highest BCUT2D eigenvalue weighted by atomic mass is 16.5. The van der Waals surface area contributed by atoms with Crippen molar-refractivity contribution in [3.8, 4) is 5.75 Å². The van der Waals surface area contributed by atoms with E-state index in [2.05, 4.69) is 16.0 Å². The van der Waals surface area contributed by atoms with Crippen LogP contribution >= 0.6 is 0 Å². The van der Waals surface area contributed by atoms with Crippen LogP contribution in [0.3, 0.4) is 0 Å². The molecule has 0 bridgehead atoms. The number of carbonyl (C=O) groups is 2. The lowest BCUT2D eigenvalue weighted by Gasteiger charge is -2.32. The van der Waals surface area contributed by atoms with Gasteiger partial charge in [0.15, 0.2) is 0 Å². The lowest BCUT2D eigenvalue weighted by Crippen LogP contribution is -2.53. The second kappa shape index (κ2) is 10.7. The third-order valence-corrected chi connectivity index (χ3v) is 7.17. The minimum atomic E-state index is -1.26. The van der Waals surface area contributed by atoms with E-state index in [0.717, 1.165) is 51.2 Å². The van der Waals surface area contributed by atoms with Gasteiger partial charge in [0.05, 0.1) is 11.5 Å². The van der Waals surface area contributed by atoms with E-state index >= 15 is 0 Å². The Morgan fingerprint density at radius 1 is 1.09 bits per heavy atom. The molecule has 0 unspecified atom stereocenters. The number of carbonyl (C=O) groups excluding carboxylic acids is 1. The molecule has 2 fully saturated rings. The number of hydrogen-bond donors (Lipinski definition) is 5. The first-order valence-electron chi connectivity index (χ1n) is 11.9. The summed E-state index contributed by atoms with van der Waals surface area (Å²) in [6.07, 6.45) is 7.57. The van der Waals surface area contributed by atoms with Crippen molar-refractivity contribution in [1.82, 2.24) is 16.0 Å². The average molecular weight is 443 g/mol. The maximum Gasteiger partial charge on any atom is 0.547 e. The Morgan fingerprint density at radius 3 is 2.56 bits per heavy atom. The molecular formula is C23H34BN3O5. The predicted molar refractivity (Wildman–Crippen MR) is 122 cm³/mol. The number of fused-ring (bicyclic) bond motifs is 1. The third kappa shape index (κ3) is 5.82. The lowest BCUT2D eigenvalue weighted by atomic mass is 9.72. The molecule has 0 spiro atoms. The van der Waals surface area contributed by atoms with Crippen LogP contribution in [0.4, 0.5) is 0 Å². The maximum absolute atomic E-state index is 12.6. The first-order chi connectivity index (χ1) is 15.5. The first kappa shape index (κ1) is 23.1. The predicted octanol–water partition coefficient (Wildman–Crippen LogP) is 1.36. The molecule has 1 aromatic rings. The molecule has 2 aliphatic heterocycles. The van der Waals surface area contributed by atoms with Gasteiger partial charge in [-0.3, -0.25) is 4.79 Å². The molecule has 5 N–H and O–H groups in total. The van der Waals surface area contributed by atoms with Crippen molar-refractivity contribution < 1.29 is 24.4 Å².